The molecule has 0 saturated heterocycles. The molecule has 0 aliphatic rings. The van der Waals surface area contributed by atoms with E-state index in [1.54, 1.807) is 27.7 Å². The van der Waals surface area contributed by atoms with Gasteiger partial charge in [-0.2, -0.15) is 0 Å². The highest BCUT2D eigenvalue weighted by atomic mass is 16.5. The van der Waals surface area contributed by atoms with Crippen LogP contribution in [0.25, 0.3) is 0 Å². The van der Waals surface area contributed by atoms with Gasteiger partial charge in [0.1, 0.15) is 6.61 Å². The van der Waals surface area contributed by atoms with E-state index in [1.807, 2.05) is 76.2 Å². The van der Waals surface area contributed by atoms with Crippen LogP contribution in [0.15, 0.2) is 0 Å². The fraction of sp³-hybridized carbons (Fsp3) is 0.889. The molecule has 334 valence electrons. The maximum Gasteiger partial charge on any atom is 0.309 e. The van der Waals surface area contributed by atoms with Crippen molar-refractivity contribution < 1.29 is 38.6 Å². The first-order valence-electron chi connectivity index (χ1n) is 21.2. The maximum atomic E-state index is 14.0. The van der Waals surface area contributed by atoms with Gasteiger partial charge < -0.3 is 35.8 Å². The Hall–Kier alpha value is -2.25. The highest BCUT2D eigenvalue weighted by molar-refractivity contribution is 5.93. The van der Waals surface area contributed by atoms with Crippen molar-refractivity contribution in [1.29, 1.82) is 0 Å². The molecule has 2 unspecified atom stereocenters. The minimum Gasteiger partial charge on any atom is -0.481 e. The van der Waals surface area contributed by atoms with E-state index in [0.29, 0.717) is 45.6 Å². The van der Waals surface area contributed by atoms with Gasteiger partial charge in [-0.3, -0.25) is 24.0 Å². The van der Waals surface area contributed by atoms with E-state index in [0.717, 1.165) is 19.3 Å². The number of hydrogen-bond acceptors (Lipinski definition) is 10. The summed E-state index contributed by atoms with van der Waals surface area (Å²) < 4.78 is 11.5. The molecule has 3 atom stereocenters. The van der Waals surface area contributed by atoms with Crippen LogP contribution in [0.5, 0.6) is 0 Å². The largest absolute Gasteiger partial charge is 0.481 e. The molecule has 0 radical (unpaired) electrons. The molecule has 0 aliphatic heterocycles. The van der Waals surface area contributed by atoms with Crippen molar-refractivity contribution in [1.82, 2.24) is 21.3 Å². The van der Waals surface area contributed by atoms with Crippen LogP contribution in [0, 0.1) is 21.7 Å². The molecule has 0 fully saturated rings. The van der Waals surface area contributed by atoms with Gasteiger partial charge in [0.05, 0.1) is 42.4 Å². The van der Waals surface area contributed by atoms with Gasteiger partial charge >= 0.3 is 5.97 Å². The number of ketones is 3. The third kappa shape index (κ3) is 19.1. The van der Waals surface area contributed by atoms with Gasteiger partial charge in [-0.25, -0.2) is 0 Å². The number of Topliss-reactive ketones (excluding diaryl/α,β-unsaturated/α-hetero) is 3. The Balaban J connectivity index is 4.88. The number of hydrogen-bond donors (Lipinski definition) is 5. The molecule has 0 aromatic rings. The quantitative estimate of drug-likeness (QED) is 0.0490. The summed E-state index contributed by atoms with van der Waals surface area (Å²) >= 11 is 0. The number of carboxylic acid groups (broad SMARTS) is 1. The predicted octanol–water partition coefficient (Wildman–Crippen LogP) is 7.05. The van der Waals surface area contributed by atoms with E-state index in [2.05, 4.69) is 42.0 Å². The molecule has 12 heteroatoms. The average molecular weight is 811 g/mol. The van der Waals surface area contributed by atoms with Crippen LogP contribution in [0.2, 0.25) is 0 Å². The van der Waals surface area contributed by atoms with Gasteiger partial charge in [-0.1, -0.05) is 68.7 Å². The molecule has 0 aromatic carbocycles. The number of carbonyl (C=O) groups excluding carboxylic acids is 4. The number of carbonyl (C=O) groups is 5. The summed E-state index contributed by atoms with van der Waals surface area (Å²) in [6.45, 7) is 36.1. The second kappa shape index (κ2) is 21.8. The zero-order valence-corrected chi connectivity index (χ0v) is 39.6. The molecular formula is C45H86N4O8. The fourth-order valence-electron chi connectivity index (χ4n) is 7.60. The normalized spacial score (nSPS) is 16.0. The molecule has 57 heavy (non-hydrogen) atoms. The summed E-state index contributed by atoms with van der Waals surface area (Å²) in [4.78, 5) is 65.2. The van der Waals surface area contributed by atoms with Crippen LogP contribution in [0.3, 0.4) is 0 Å². The van der Waals surface area contributed by atoms with E-state index in [9.17, 15) is 29.1 Å². The van der Waals surface area contributed by atoms with Gasteiger partial charge in [0.15, 0.2) is 17.3 Å². The van der Waals surface area contributed by atoms with Crippen LogP contribution >= 0.6 is 0 Å². The van der Waals surface area contributed by atoms with Crippen molar-refractivity contribution in [2.24, 2.45) is 21.7 Å². The SMILES string of the molecule is CCC(C)(NCCCC[C@H](NC(C)(C)C)C(=O)C(C)(C)C)C(=O)COCCOCCNC(C)(CC)C(=O)C(C)(C)CC(C)(C)NC(=O)C(C)(C)CC(C)(C)C(=O)O. The lowest BCUT2D eigenvalue weighted by atomic mass is 9.69. The number of ether oxygens (including phenoxy) is 2. The van der Waals surface area contributed by atoms with Crippen LogP contribution in [-0.4, -0.2) is 102 Å². The monoisotopic (exact) mass is 811 g/mol. The Bertz CT molecular complexity index is 1330. The van der Waals surface area contributed by atoms with Crippen molar-refractivity contribution in [3.05, 3.63) is 0 Å². The van der Waals surface area contributed by atoms with Crippen LogP contribution in [0.1, 0.15) is 170 Å². The predicted molar refractivity (Wildman–Crippen MR) is 230 cm³/mol. The molecule has 0 aromatic heterocycles. The first-order valence-corrected chi connectivity index (χ1v) is 21.2. The number of nitrogens with one attached hydrogen (secondary N) is 4. The third-order valence-corrected chi connectivity index (χ3v) is 11.0. The van der Waals surface area contributed by atoms with E-state index in [-0.39, 0.29) is 54.5 Å². The van der Waals surface area contributed by atoms with Crippen molar-refractivity contribution in [3.8, 4) is 0 Å². The summed E-state index contributed by atoms with van der Waals surface area (Å²) in [5.41, 5.74) is -5.63. The van der Waals surface area contributed by atoms with Crippen molar-refractivity contribution in [2.45, 2.75) is 198 Å². The fourth-order valence-corrected chi connectivity index (χ4v) is 7.60. The van der Waals surface area contributed by atoms with Gasteiger partial charge in [0.2, 0.25) is 5.91 Å². The Kier molecular flexibility index (Phi) is 21.0. The van der Waals surface area contributed by atoms with Gasteiger partial charge in [-0.15, -0.1) is 0 Å². The molecule has 0 saturated carbocycles. The molecule has 0 bridgehead atoms. The van der Waals surface area contributed by atoms with E-state index in [1.165, 1.54) is 0 Å². The maximum absolute atomic E-state index is 14.0. The molecule has 0 aliphatic carbocycles. The van der Waals surface area contributed by atoms with E-state index in [4.69, 9.17) is 9.47 Å². The van der Waals surface area contributed by atoms with Crippen LogP contribution < -0.4 is 21.3 Å². The molecule has 0 rings (SSSR count). The Morgan fingerprint density at radius 2 is 1.14 bits per heavy atom. The standard InChI is InChI=1S/C45H86N4O8/c1-19-44(17,46-24-22-21-23-32(48-39(6,7)8)34(51)38(3,4)5)33(50)29-57-28-27-56-26-25-47-45(18,20-2)35(52)40(9,10)31-43(15,16)49-36(53)41(11,12)30-42(13,14)37(54)55/h32,46-48H,19-31H2,1-18H3,(H,49,53)(H,54,55)/t32-,44?,45?/m0/s1. The number of aliphatic carboxylic acids is 1. The second-order valence-corrected chi connectivity index (χ2v) is 21.3. The Morgan fingerprint density at radius 3 is 1.63 bits per heavy atom. The van der Waals surface area contributed by atoms with Gasteiger partial charge in [0.25, 0.3) is 0 Å². The molecule has 12 nitrogen and oxygen atoms in total. The number of rotatable bonds is 29. The molecular weight excluding hydrogens is 725 g/mol. The van der Waals surface area contributed by atoms with Crippen molar-refractivity contribution >= 4 is 29.2 Å². The van der Waals surface area contributed by atoms with Gasteiger partial charge in [-0.05, 0) is 107 Å². The number of amides is 1. The summed E-state index contributed by atoms with van der Waals surface area (Å²) in [6.07, 6.45) is 4.18. The average Bonchev–Trinajstić information content (AvgIpc) is 3.05. The highest BCUT2D eigenvalue weighted by Crippen LogP contribution is 2.37. The zero-order valence-electron chi connectivity index (χ0n) is 39.6. The van der Waals surface area contributed by atoms with Crippen LogP contribution in [0.4, 0.5) is 0 Å². The summed E-state index contributed by atoms with van der Waals surface area (Å²) in [7, 11) is 0. The third-order valence-electron chi connectivity index (χ3n) is 11.0. The van der Waals surface area contributed by atoms with E-state index >= 15 is 0 Å². The van der Waals surface area contributed by atoms with Crippen molar-refractivity contribution in [3.63, 3.8) is 0 Å². The first-order chi connectivity index (χ1) is 25.6. The lowest BCUT2D eigenvalue weighted by Crippen LogP contribution is -2.58. The lowest BCUT2D eigenvalue weighted by Gasteiger charge is -2.42. The van der Waals surface area contributed by atoms with Crippen LogP contribution in [-0.2, 0) is 33.4 Å². The highest BCUT2D eigenvalue weighted by Gasteiger charge is 2.46. The molecule has 1 amide bonds. The molecule has 5 N–H and O–H groups in total. The zero-order chi connectivity index (χ0) is 44.9. The summed E-state index contributed by atoms with van der Waals surface area (Å²) in [6, 6.07) is -0.210. The smallest absolute Gasteiger partial charge is 0.309 e. The summed E-state index contributed by atoms with van der Waals surface area (Å²) in [5.74, 6) is -0.982. The lowest BCUT2D eigenvalue weighted by molar-refractivity contribution is -0.150. The minimum atomic E-state index is -1.06. The van der Waals surface area contributed by atoms with Gasteiger partial charge in [0, 0.05) is 33.9 Å². The first kappa shape index (κ1) is 54.8. The summed E-state index contributed by atoms with van der Waals surface area (Å²) in [5, 5.41) is 23.0. The number of carboxylic acids is 1. The van der Waals surface area contributed by atoms with E-state index < -0.39 is 44.2 Å². The number of unbranched alkanes of at least 4 members (excludes halogenated alkanes) is 1. The molecule has 0 heterocycles. The Morgan fingerprint density at radius 1 is 0.614 bits per heavy atom. The Labute approximate surface area is 347 Å². The van der Waals surface area contributed by atoms with Crippen molar-refractivity contribution in [2.75, 3.05) is 39.5 Å². The topological polar surface area (TPSA) is 172 Å². The molecule has 0 spiro atoms. The minimum absolute atomic E-state index is 0.0183. The second-order valence-electron chi connectivity index (χ2n) is 21.3.